The smallest absolute Gasteiger partial charge is 0.419 e. The van der Waals surface area contributed by atoms with E-state index in [2.05, 4.69) is 34.6 Å². The van der Waals surface area contributed by atoms with Crippen LogP contribution in [0.4, 0.5) is 13.6 Å². The van der Waals surface area contributed by atoms with Crippen LogP contribution in [0.2, 0.25) is 30.8 Å². The van der Waals surface area contributed by atoms with Crippen LogP contribution in [0.25, 0.3) is 11.9 Å². The van der Waals surface area contributed by atoms with Crippen molar-refractivity contribution < 1.29 is 31.5 Å². The van der Waals surface area contributed by atoms with E-state index in [1.54, 1.807) is 20.8 Å². The van der Waals surface area contributed by atoms with Crippen LogP contribution in [0.15, 0.2) is 35.6 Å². The predicted octanol–water partition coefficient (Wildman–Crippen LogP) is 6.13. The summed E-state index contributed by atoms with van der Waals surface area (Å²) in [7, 11) is -4.34. The summed E-state index contributed by atoms with van der Waals surface area (Å²) in [5.74, 6) is -2.43. The van der Waals surface area contributed by atoms with Crippen LogP contribution in [0.5, 0.6) is 0 Å². The van der Waals surface area contributed by atoms with Gasteiger partial charge in [-0.25, -0.2) is 46.2 Å². The second-order valence-electron chi connectivity index (χ2n) is 12.6. The maximum atomic E-state index is 15.4. The number of hydrogen-bond donors (Lipinski definition) is 0. The van der Waals surface area contributed by atoms with Gasteiger partial charge in [0, 0.05) is 27.3 Å². The number of aliphatic imine (C=N–C) groups is 1. The number of sulfonamides is 1. The molecule has 0 aliphatic carbocycles. The molecule has 1 amide bonds. The molecule has 0 N–H and O–H groups in total. The van der Waals surface area contributed by atoms with Gasteiger partial charge in [0.05, 0.1) is 18.1 Å². The first-order chi connectivity index (χ1) is 19.7. The molecule has 2 heterocycles. The molecule has 43 heavy (non-hydrogen) atoms. The van der Waals surface area contributed by atoms with E-state index >= 15 is 4.39 Å². The molecule has 1 aliphatic heterocycles. The van der Waals surface area contributed by atoms with Gasteiger partial charge in [0.1, 0.15) is 34.5 Å². The summed E-state index contributed by atoms with van der Waals surface area (Å²) >= 11 is 5.73. The molecule has 0 saturated carbocycles. The first-order valence-corrected chi connectivity index (χ1v) is 19.2. The van der Waals surface area contributed by atoms with Gasteiger partial charge in [-0.15, -0.1) is 0 Å². The monoisotopic (exact) mass is 657 g/mol. The van der Waals surface area contributed by atoms with Crippen LogP contribution in [-0.4, -0.2) is 79.5 Å². The second kappa shape index (κ2) is 13.0. The maximum Gasteiger partial charge on any atom is 0.419 e. The number of carbonyl (C=O) groups excluding carboxylic acids is 1. The summed E-state index contributed by atoms with van der Waals surface area (Å²) in [6.45, 7) is 13.0. The van der Waals surface area contributed by atoms with Gasteiger partial charge in [-0.05, 0) is 57.5 Å². The van der Waals surface area contributed by atoms with Crippen molar-refractivity contribution in [3.05, 3.63) is 58.4 Å². The van der Waals surface area contributed by atoms with Gasteiger partial charge in [-0.3, -0.25) is 0 Å². The fraction of sp³-hybridized carbons (Fsp3) is 0.500. The van der Waals surface area contributed by atoms with Gasteiger partial charge in [0.25, 0.3) is 0 Å². The van der Waals surface area contributed by atoms with E-state index in [0.29, 0.717) is 6.61 Å². The first kappa shape index (κ1) is 34.5. The average Bonchev–Trinajstić information content (AvgIpc) is 2.86. The Morgan fingerprint density at radius 3 is 2.49 bits per heavy atom. The van der Waals surface area contributed by atoms with E-state index < -0.39 is 52.7 Å². The molecule has 0 bridgehead atoms. The first-order valence-electron chi connectivity index (χ1n) is 13.5. The topological polar surface area (TPSA) is 114 Å². The second-order valence-corrected chi connectivity index (χ2v) is 20.6. The van der Waals surface area contributed by atoms with Crippen molar-refractivity contribution in [2.24, 2.45) is 4.99 Å². The Hall–Kier alpha value is -2.94. The number of rotatable bonds is 8. The van der Waals surface area contributed by atoms with E-state index in [1.165, 1.54) is 32.3 Å². The highest BCUT2D eigenvalue weighted by Crippen LogP contribution is 2.36. The van der Waals surface area contributed by atoms with Crippen molar-refractivity contribution in [2.75, 3.05) is 26.1 Å². The van der Waals surface area contributed by atoms with Crippen LogP contribution < -0.4 is 0 Å². The molecule has 1 aromatic carbocycles. The van der Waals surface area contributed by atoms with E-state index in [4.69, 9.17) is 21.1 Å². The van der Waals surface area contributed by atoms with E-state index in [0.717, 1.165) is 33.6 Å². The van der Waals surface area contributed by atoms with Crippen molar-refractivity contribution in [3.8, 4) is 0 Å². The lowest BCUT2D eigenvalue weighted by molar-refractivity contribution is 0.00806. The molecule has 15 heteroatoms. The number of aromatic nitrogens is 2. The third-order valence-corrected chi connectivity index (χ3v) is 10.1. The number of benzene rings is 1. The SMILES string of the molecule is CN1C(N(COCC[Si](C)(C)C)C(=O)OC(C)(C)C)=N[C@](C)(c2cc(/C=C(\F)c3cnc(Cl)cn3)ccc2F)CS1(=O)=O. The Kier molecular flexibility index (Phi) is 10.4. The largest absolute Gasteiger partial charge is 0.443 e. The molecule has 236 valence electrons. The zero-order valence-corrected chi connectivity index (χ0v) is 28.2. The third-order valence-electron chi connectivity index (χ3n) is 6.31. The normalized spacial score (nSPS) is 19.2. The highest BCUT2D eigenvalue weighted by molar-refractivity contribution is 7.89. The van der Waals surface area contributed by atoms with Crippen molar-refractivity contribution in [1.82, 2.24) is 19.2 Å². The molecule has 0 spiro atoms. The minimum Gasteiger partial charge on any atom is -0.443 e. The third kappa shape index (κ3) is 9.27. The minimum absolute atomic E-state index is 0.0903. The van der Waals surface area contributed by atoms with Crippen molar-refractivity contribution in [3.63, 3.8) is 0 Å². The lowest BCUT2D eigenvalue weighted by atomic mass is 9.92. The highest BCUT2D eigenvalue weighted by Gasteiger charge is 2.45. The standard InChI is InChI=1S/C28H38ClF2N5O5SSi/c1-27(2,3)41-26(37)36(18-40-11-12-43(6,7)8)25-34-28(4,17-42(38,39)35(25)5)20-13-19(9-10-21(20)30)14-22(31)23-15-33-24(29)16-32-23/h9-10,13-16H,11-12,17-18H2,1-8H3/b22-14-/t28-/m0/s1. The van der Waals surface area contributed by atoms with Crippen molar-refractivity contribution >= 4 is 53.7 Å². The van der Waals surface area contributed by atoms with Gasteiger partial charge < -0.3 is 9.47 Å². The lowest BCUT2D eigenvalue weighted by Crippen LogP contribution is -2.56. The lowest BCUT2D eigenvalue weighted by Gasteiger charge is -2.39. The minimum atomic E-state index is -4.12. The Bertz CT molecular complexity index is 1510. The maximum absolute atomic E-state index is 15.4. The molecule has 0 saturated heterocycles. The molecule has 0 fully saturated rings. The quantitative estimate of drug-likeness (QED) is 0.191. The van der Waals surface area contributed by atoms with Crippen LogP contribution in [-0.2, 0) is 25.0 Å². The van der Waals surface area contributed by atoms with Crippen LogP contribution in [0.3, 0.4) is 0 Å². The Balaban J connectivity index is 2.08. The molecule has 3 rings (SSSR count). The molecule has 1 aliphatic rings. The molecular formula is C28H38ClF2N5O5SSi. The molecule has 2 aromatic rings. The van der Waals surface area contributed by atoms with Crippen LogP contribution >= 0.6 is 11.6 Å². The number of amides is 1. The molecule has 0 unspecified atom stereocenters. The van der Waals surface area contributed by atoms with Crippen molar-refractivity contribution in [1.29, 1.82) is 0 Å². The van der Waals surface area contributed by atoms with Gasteiger partial charge in [-0.1, -0.05) is 37.3 Å². The summed E-state index contributed by atoms with van der Waals surface area (Å²) in [6.07, 6.45) is 2.56. The molecule has 1 aromatic heterocycles. The summed E-state index contributed by atoms with van der Waals surface area (Å²) in [6, 6.07) is 4.54. The average molecular weight is 658 g/mol. The van der Waals surface area contributed by atoms with E-state index in [9.17, 15) is 17.6 Å². The van der Waals surface area contributed by atoms with Gasteiger partial charge in [0.15, 0.2) is 5.83 Å². The van der Waals surface area contributed by atoms with Crippen LogP contribution in [0.1, 0.15) is 44.5 Å². The number of ether oxygens (including phenoxy) is 2. The highest BCUT2D eigenvalue weighted by atomic mass is 35.5. The molecule has 0 radical (unpaired) electrons. The van der Waals surface area contributed by atoms with Crippen molar-refractivity contribution in [2.45, 2.75) is 64.5 Å². The number of carbonyl (C=O) groups is 1. The number of hydrogen-bond acceptors (Lipinski definition) is 8. The Morgan fingerprint density at radius 2 is 1.91 bits per heavy atom. The van der Waals surface area contributed by atoms with Gasteiger partial charge in [-0.2, -0.15) is 0 Å². The molecule has 1 atom stereocenters. The molecular weight excluding hydrogens is 620 g/mol. The zero-order valence-electron chi connectivity index (χ0n) is 25.6. The van der Waals surface area contributed by atoms with E-state index in [1.807, 2.05) is 0 Å². The fourth-order valence-electron chi connectivity index (χ4n) is 4.01. The van der Waals surface area contributed by atoms with Gasteiger partial charge in [0.2, 0.25) is 16.0 Å². The summed E-state index contributed by atoms with van der Waals surface area (Å²) in [5.41, 5.74) is -2.60. The Labute approximate surface area is 257 Å². The fourth-order valence-corrected chi connectivity index (χ4v) is 6.38. The summed E-state index contributed by atoms with van der Waals surface area (Å²) in [5, 5.41) is 0.0903. The number of halogens is 3. The summed E-state index contributed by atoms with van der Waals surface area (Å²) < 4.78 is 69.4. The summed E-state index contributed by atoms with van der Waals surface area (Å²) in [4.78, 5) is 26.6. The zero-order chi connectivity index (χ0) is 32.4. The number of guanidine groups is 1. The Morgan fingerprint density at radius 1 is 1.23 bits per heavy atom. The number of nitrogens with zero attached hydrogens (tertiary/aromatic N) is 5. The van der Waals surface area contributed by atoms with Crippen LogP contribution in [0, 0.1) is 5.82 Å². The predicted molar refractivity (Wildman–Crippen MR) is 166 cm³/mol. The van der Waals surface area contributed by atoms with Gasteiger partial charge >= 0.3 is 6.09 Å². The van der Waals surface area contributed by atoms with E-state index in [-0.39, 0.29) is 34.7 Å². The molecule has 10 nitrogen and oxygen atoms in total.